The fraction of sp³-hybridized carbons (Fsp3) is 0.381. The Labute approximate surface area is 167 Å². The highest BCUT2D eigenvalue weighted by Crippen LogP contribution is 2.42. The first-order chi connectivity index (χ1) is 13.5. The first-order valence-corrected chi connectivity index (χ1v) is 10.5. The minimum atomic E-state index is -1.00. The van der Waals surface area contributed by atoms with Crippen molar-refractivity contribution in [2.45, 2.75) is 44.2 Å². The van der Waals surface area contributed by atoms with Gasteiger partial charge < -0.3 is 10.2 Å². The van der Waals surface area contributed by atoms with E-state index in [1.165, 1.54) is 0 Å². The topological polar surface area (TPSA) is 69.7 Å². The van der Waals surface area contributed by atoms with Gasteiger partial charge in [0.05, 0.1) is 0 Å². The number of hydrogen-bond donors (Lipinski definition) is 1. The van der Waals surface area contributed by atoms with Gasteiger partial charge in [0, 0.05) is 22.2 Å². The molecule has 1 spiro atoms. The van der Waals surface area contributed by atoms with E-state index in [0.29, 0.717) is 6.42 Å². The van der Waals surface area contributed by atoms with Crippen LogP contribution in [0.4, 0.5) is 10.5 Å². The molecular weight excluding hydrogens is 374 g/mol. The molecular formula is C21H21N3O3S. The van der Waals surface area contributed by atoms with Crippen molar-refractivity contribution in [2.24, 2.45) is 0 Å². The third kappa shape index (κ3) is 2.35. The molecule has 1 N–H and O–H groups in total. The Morgan fingerprint density at radius 3 is 2.96 bits per heavy atom. The highest BCUT2D eigenvalue weighted by molar-refractivity contribution is 7.10. The number of imide groups is 1. The SMILES string of the molecule is CC1Cc2ccccc2N1C(=O)CN1C(=O)NC2(CCCc3sccc32)C1=O. The molecule has 3 heterocycles. The summed E-state index contributed by atoms with van der Waals surface area (Å²) in [6.45, 7) is 1.76. The third-order valence-electron chi connectivity index (χ3n) is 6.11. The molecule has 5 rings (SSSR count). The Morgan fingerprint density at radius 2 is 2.11 bits per heavy atom. The number of anilines is 1. The molecule has 1 aromatic heterocycles. The Hall–Kier alpha value is -2.67. The highest BCUT2D eigenvalue weighted by atomic mass is 32.1. The largest absolute Gasteiger partial charge is 0.325 e. The first-order valence-electron chi connectivity index (χ1n) is 9.62. The van der Waals surface area contributed by atoms with Gasteiger partial charge >= 0.3 is 6.03 Å². The molecule has 28 heavy (non-hydrogen) atoms. The lowest BCUT2D eigenvalue weighted by molar-refractivity contribution is -0.135. The van der Waals surface area contributed by atoms with Gasteiger partial charge in [-0.2, -0.15) is 0 Å². The summed E-state index contributed by atoms with van der Waals surface area (Å²) in [5, 5.41) is 4.88. The summed E-state index contributed by atoms with van der Waals surface area (Å²) in [5.74, 6) is -0.523. The minimum Gasteiger partial charge on any atom is -0.319 e. The van der Waals surface area contributed by atoms with Crippen molar-refractivity contribution in [1.29, 1.82) is 0 Å². The fourth-order valence-electron chi connectivity index (χ4n) is 4.84. The van der Waals surface area contributed by atoms with Crippen molar-refractivity contribution in [1.82, 2.24) is 10.2 Å². The van der Waals surface area contributed by atoms with Crippen molar-refractivity contribution in [2.75, 3.05) is 11.4 Å². The van der Waals surface area contributed by atoms with Crippen LogP contribution in [0.1, 0.15) is 35.8 Å². The summed E-state index contributed by atoms with van der Waals surface area (Å²) in [6, 6.07) is 9.27. The lowest BCUT2D eigenvalue weighted by Crippen LogP contribution is -2.48. The van der Waals surface area contributed by atoms with E-state index in [1.54, 1.807) is 16.2 Å². The maximum Gasteiger partial charge on any atom is 0.325 e. The molecule has 2 aromatic rings. The summed E-state index contributed by atoms with van der Waals surface area (Å²) < 4.78 is 0. The van der Waals surface area contributed by atoms with Gasteiger partial charge in [0.1, 0.15) is 12.1 Å². The van der Waals surface area contributed by atoms with Crippen molar-refractivity contribution in [3.8, 4) is 0 Å². The number of thiophene rings is 1. The highest BCUT2D eigenvalue weighted by Gasteiger charge is 2.55. The number of carbonyl (C=O) groups excluding carboxylic acids is 3. The molecule has 0 bridgehead atoms. The number of rotatable bonds is 2. The first kappa shape index (κ1) is 17.4. The van der Waals surface area contributed by atoms with Crippen LogP contribution in [0.15, 0.2) is 35.7 Å². The van der Waals surface area contributed by atoms with Gasteiger partial charge in [-0.15, -0.1) is 11.3 Å². The number of aryl methyl sites for hydroxylation is 1. The fourth-order valence-corrected chi connectivity index (χ4v) is 5.84. The van der Waals surface area contributed by atoms with E-state index in [0.717, 1.165) is 45.9 Å². The Kier molecular flexibility index (Phi) is 3.84. The van der Waals surface area contributed by atoms with Crippen molar-refractivity contribution in [3.63, 3.8) is 0 Å². The molecule has 2 atom stereocenters. The zero-order valence-electron chi connectivity index (χ0n) is 15.6. The van der Waals surface area contributed by atoms with E-state index in [9.17, 15) is 14.4 Å². The lowest BCUT2D eigenvalue weighted by Gasteiger charge is -2.31. The van der Waals surface area contributed by atoms with E-state index in [-0.39, 0.29) is 24.4 Å². The molecule has 0 radical (unpaired) electrons. The van der Waals surface area contributed by atoms with Crippen LogP contribution in [-0.2, 0) is 28.0 Å². The maximum atomic E-state index is 13.3. The number of fused-ring (bicyclic) bond motifs is 3. The Balaban J connectivity index is 1.42. The normalized spacial score (nSPS) is 25.8. The molecule has 1 saturated heterocycles. The lowest BCUT2D eigenvalue weighted by atomic mass is 9.80. The molecule has 4 amide bonds. The van der Waals surface area contributed by atoms with E-state index in [1.807, 2.05) is 42.6 Å². The van der Waals surface area contributed by atoms with E-state index >= 15 is 0 Å². The predicted molar refractivity (Wildman–Crippen MR) is 106 cm³/mol. The van der Waals surface area contributed by atoms with Crippen LogP contribution in [0.5, 0.6) is 0 Å². The van der Waals surface area contributed by atoms with Crippen molar-refractivity contribution in [3.05, 3.63) is 51.7 Å². The van der Waals surface area contributed by atoms with Crippen LogP contribution >= 0.6 is 11.3 Å². The van der Waals surface area contributed by atoms with Crippen LogP contribution in [0.2, 0.25) is 0 Å². The number of para-hydroxylation sites is 1. The van der Waals surface area contributed by atoms with Crippen LogP contribution in [0.25, 0.3) is 0 Å². The second kappa shape index (κ2) is 6.17. The molecule has 7 heteroatoms. The van der Waals surface area contributed by atoms with E-state index in [4.69, 9.17) is 0 Å². The quantitative estimate of drug-likeness (QED) is 0.795. The minimum absolute atomic E-state index is 0.0118. The zero-order chi connectivity index (χ0) is 19.5. The molecule has 1 aromatic carbocycles. The molecule has 2 unspecified atom stereocenters. The van der Waals surface area contributed by atoms with Crippen LogP contribution in [-0.4, -0.2) is 35.3 Å². The number of nitrogens with zero attached hydrogens (tertiary/aromatic N) is 2. The van der Waals surface area contributed by atoms with Gasteiger partial charge in [0.25, 0.3) is 5.91 Å². The van der Waals surface area contributed by atoms with Gasteiger partial charge in [-0.1, -0.05) is 18.2 Å². The van der Waals surface area contributed by atoms with Crippen LogP contribution in [0, 0.1) is 0 Å². The summed E-state index contributed by atoms with van der Waals surface area (Å²) in [4.78, 5) is 43.1. The average molecular weight is 395 g/mol. The van der Waals surface area contributed by atoms with Gasteiger partial charge in [0.2, 0.25) is 5.91 Å². The van der Waals surface area contributed by atoms with Gasteiger partial charge in [-0.3, -0.25) is 14.5 Å². The maximum absolute atomic E-state index is 13.3. The molecule has 0 saturated carbocycles. The number of benzene rings is 1. The molecule has 1 aliphatic carbocycles. The van der Waals surface area contributed by atoms with Crippen LogP contribution in [0.3, 0.4) is 0 Å². The smallest absolute Gasteiger partial charge is 0.319 e. The average Bonchev–Trinajstić information content (AvgIpc) is 3.34. The van der Waals surface area contributed by atoms with Crippen molar-refractivity contribution < 1.29 is 14.4 Å². The molecule has 6 nitrogen and oxygen atoms in total. The van der Waals surface area contributed by atoms with E-state index < -0.39 is 11.6 Å². The van der Waals surface area contributed by atoms with E-state index in [2.05, 4.69) is 5.32 Å². The zero-order valence-corrected chi connectivity index (χ0v) is 16.4. The third-order valence-corrected chi connectivity index (χ3v) is 7.09. The summed E-state index contributed by atoms with van der Waals surface area (Å²) in [6.07, 6.45) is 3.13. The van der Waals surface area contributed by atoms with Crippen molar-refractivity contribution >= 4 is 34.9 Å². The molecule has 1 fully saturated rings. The molecule has 2 aliphatic heterocycles. The monoisotopic (exact) mass is 395 g/mol. The number of urea groups is 1. The number of amides is 4. The summed E-state index contributed by atoms with van der Waals surface area (Å²) in [7, 11) is 0. The van der Waals surface area contributed by atoms with Gasteiger partial charge in [0.15, 0.2) is 0 Å². The second-order valence-corrected chi connectivity index (χ2v) is 8.78. The van der Waals surface area contributed by atoms with Gasteiger partial charge in [-0.25, -0.2) is 4.79 Å². The number of carbonyl (C=O) groups is 3. The second-order valence-electron chi connectivity index (χ2n) is 7.78. The molecule has 3 aliphatic rings. The Morgan fingerprint density at radius 1 is 1.29 bits per heavy atom. The Bertz CT molecular complexity index is 1000. The predicted octanol–water partition coefficient (Wildman–Crippen LogP) is 2.81. The summed E-state index contributed by atoms with van der Waals surface area (Å²) in [5.41, 5.74) is 1.89. The number of nitrogens with one attached hydrogen (secondary N) is 1. The van der Waals surface area contributed by atoms with Crippen LogP contribution < -0.4 is 10.2 Å². The van der Waals surface area contributed by atoms with Gasteiger partial charge in [-0.05, 0) is 55.7 Å². The molecule has 144 valence electrons. The summed E-state index contributed by atoms with van der Waals surface area (Å²) >= 11 is 1.62. The standard InChI is InChI=1S/C21H21N3O3S/c1-13-11-14-5-2-3-6-16(14)24(13)18(25)12-23-19(26)21(22-20(23)27)9-4-7-17-15(21)8-10-28-17/h2-3,5-6,8,10,13H,4,7,9,11-12H2,1H3,(H,22,27). The number of hydrogen-bond acceptors (Lipinski definition) is 4.